The van der Waals surface area contributed by atoms with Crippen LogP contribution in [0.15, 0.2) is 36.9 Å². The van der Waals surface area contributed by atoms with Gasteiger partial charge in [-0.25, -0.2) is 15.0 Å². The fourth-order valence-electron chi connectivity index (χ4n) is 3.20. The van der Waals surface area contributed by atoms with Gasteiger partial charge in [0.1, 0.15) is 11.3 Å². The van der Waals surface area contributed by atoms with E-state index >= 15 is 0 Å². The number of nitrogens with one attached hydrogen (secondary N) is 2. The van der Waals surface area contributed by atoms with E-state index in [-0.39, 0.29) is 6.61 Å². The summed E-state index contributed by atoms with van der Waals surface area (Å²) in [5.74, 6) is 0.508. The molecule has 0 aromatic carbocycles. The zero-order valence-electron chi connectivity index (χ0n) is 17.3. The lowest BCUT2D eigenvalue weighted by atomic mass is 10.1. The van der Waals surface area contributed by atoms with Gasteiger partial charge in [-0.2, -0.15) is 5.10 Å². The summed E-state index contributed by atoms with van der Waals surface area (Å²) in [6.07, 6.45) is 7.36. The molecule has 4 rings (SSSR count). The van der Waals surface area contributed by atoms with Crippen molar-refractivity contribution in [1.29, 1.82) is 0 Å². The first kappa shape index (κ1) is 20.0. The monoisotopic (exact) mass is 406 g/mol. The summed E-state index contributed by atoms with van der Waals surface area (Å²) >= 11 is 0. The highest BCUT2D eigenvalue weighted by Crippen LogP contribution is 2.33. The van der Waals surface area contributed by atoms with Crippen LogP contribution < -0.4 is 11.1 Å². The van der Waals surface area contributed by atoms with Crippen molar-refractivity contribution in [2.24, 2.45) is 5.73 Å². The number of H-pyrrole nitrogens is 1. The third kappa shape index (κ3) is 3.64. The Kier molecular flexibility index (Phi) is 5.23. The Morgan fingerprint density at radius 1 is 1.30 bits per heavy atom. The number of nitrogens with two attached hydrogens (primary N) is 1. The average molecular weight is 406 g/mol. The molecule has 30 heavy (non-hydrogen) atoms. The Balaban J connectivity index is 1.87. The van der Waals surface area contributed by atoms with Gasteiger partial charge in [0.15, 0.2) is 0 Å². The molecule has 4 aromatic rings. The highest BCUT2D eigenvalue weighted by molar-refractivity contribution is 5.87. The third-order valence-electron chi connectivity index (χ3n) is 5.09. The van der Waals surface area contributed by atoms with Crippen molar-refractivity contribution in [2.75, 3.05) is 25.0 Å². The van der Waals surface area contributed by atoms with Crippen LogP contribution in [0.3, 0.4) is 0 Å². The Bertz CT molecular complexity index is 1180. The Hall–Kier alpha value is -3.30. The molecule has 0 radical (unpaired) electrons. The van der Waals surface area contributed by atoms with E-state index in [0.29, 0.717) is 19.0 Å². The van der Waals surface area contributed by atoms with Gasteiger partial charge in [0.25, 0.3) is 0 Å². The summed E-state index contributed by atoms with van der Waals surface area (Å²) in [6.45, 7) is 6.93. The number of aryl methyl sites for hydroxylation is 1. The predicted molar refractivity (Wildman–Crippen MR) is 117 cm³/mol. The van der Waals surface area contributed by atoms with Crippen LogP contribution in [0.2, 0.25) is 0 Å². The molecule has 5 N–H and O–H groups in total. The van der Waals surface area contributed by atoms with Crippen molar-refractivity contribution >= 4 is 17.0 Å². The van der Waals surface area contributed by atoms with Crippen LogP contribution in [0.1, 0.15) is 19.4 Å². The van der Waals surface area contributed by atoms with E-state index < -0.39 is 5.54 Å². The number of hydrogen-bond donors (Lipinski definition) is 4. The zero-order chi connectivity index (χ0) is 21.3. The first-order chi connectivity index (χ1) is 14.4. The number of aliphatic hydroxyl groups is 1. The van der Waals surface area contributed by atoms with Gasteiger partial charge in [0.2, 0.25) is 5.95 Å². The van der Waals surface area contributed by atoms with Crippen LogP contribution in [0.4, 0.5) is 5.95 Å². The summed E-state index contributed by atoms with van der Waals surface area (Å²) in [5.41, 5.74) is 10.1. The molecule has 0 bridgehead atoms. The van der Waals surface area contributed by atoms with Gasteiger partial charge in [-0.05, 0) is 38.5 Å². The number of aromatic nitrogens is 6. The maximum Gasteiger partial charge on any atom is 0.223 e. The van der Waals surface area contributed by atoms with Crippen LogP contribution in [0.25, 0.3) is 33.5 Å². The van der Waals surface area contributed by atoms with E-state index in [1.807, 2.05) is 39.2 Å². The topological polar surface area (TPSA) is 131 Å². The number of hydrogen-bond acceptors (Lipinski definition) is 7. The highest BCUT2D eigenvalue weighted by atomic mass is 16.3. The van der Waals surface area contributed by atoms with E-state index in [0.717, 1.165) is 39.1 Å². The second kappa shape index (κ2) is 7.85. The summed E-state index contributed by atoms with van der Waals surface area (Å²) in [6, 6.07) is 3.92. The Morgan fingerprint density at radius 3 is 2.90 bits per heavy atom. The van der Waals surface area contributed by atoms with Crippen LogP contribution in [-0.4, -0.2) is 54.5 Å². The van der Waals surface area contributed by atoms with Gasteiger partial charge in [-0.3, -0.25) is 4.68 Å². The number of aromatic amines is 1. The lowest BCUT2D eigenvalue weighted by Gasteiger charge is -2.22. The van der Waals surface area contributed by atoms with Gasteiger partial charge in [-0.1, -0.05) is 0 Å². The van der Waals surface area contributed by atoms with Crippen molar-refractivity contribution in [2.45, 2.75) is 26.3 Å². The number of anilines is 1. The highest BCUT2D eigenvalue weighted by Gasteiger charge is 2.24. The smallest absolute Gasteiger partial charge is 0.223 e. The summed E-state index contributed by atoms with van der Waals surface area (Å²) in [7, 11) is 0. The molecule has 9 nitrogen and oxygen atoms in total. The fraction of sp³-hybridized carbons (Fsp3) is 0.333. The summed E-state index contributed by atoms with van der Waals surface area (Å²) in [4.78, 5) is 16.6. The maximum absolute atomic E-state index is 9.86. The minimum atomic E-state index is -0.567. The molecule has 0 atom stereocenters. The number of pyridine rings is 1. The second-order valence-corrected chi connectivity index (χ2v) is 7.88. The van der Waals surface area contributed by atoms with Gasteiger partial charge < -0.3 is 21.1 Å². The van der Waals surface area contributed by atoms with Crippen molar-refractivity contribution in [3.05, 3.63) is 42.5 Å². The number of aliphatic hydroxyl groups excluding tert-OH is 1. The molecule has 4 heterocycles. The van der Waals surface area contributed by atoms with Crippen molar-refractivity contribution in [3.63, 3.8) is 0 Å². The molecule has 0 unspecified atom stereocenters. The van der Waals surface area contributed by atoms with Crippen molar-refractivity contribution in [1.82, 2.24) is 29.7 Å². The lowest BCUT2D eigenvalue weighted by Crippen LogP contribution is -2.30. The average Bonchev–Trinajstić information content (AvgIpc) is 3.37. The summed E-state index contributed by atoms with van der Waals surface area (Å²) in [5, 5.41) is 18.8. The van der Waals surface area contributed by atoms with E-state index in [2.05, 4.69) is 31.3 Å². The molecule has 0 aliphatic carbocycles. The molecule has 0 saturated carbocycles. The van der Waals surface area contributed by atoms with Crippen molar-refractivity contribution < 1.29 is 5.11 Å². The molecular weight excluding hydrogens is 380 g/mol. The molecule has 0 aliphatic rings. The fourth-order valence-corrected chi connectivity index (χ4v) is 3.20. The number of nitrogens with zero attached hydrogens (tertiary/aromatic N) is 5. The van der Waals surface area contributed by atoms with Gasteiger partial charge in [0.05, 0.1) is 17.8 Å². The molecule has 4 aromatic heterocycles. The largest absolute Gasteiger partial charge is 0.394 e. The molecular formula is C21H26N8O. The molecule has 0 amide bonds. The minimum Gasteiger partial charge on any atom is -0.394 e. The van der Waals surface area contributed by atoms with Gasteiger partial charge >= 0.3 is 0 Å². The lowest BCUT2D eigenvalue weighted by molar-refractivity contribution is 0.152. The molecule has 0 aliphatic heterocycles. The van der Waals surface area contributed by atoms with Crippen LogP contribution in [0, 0.1) is 6.92 Å². The Labute approximate surface area is 174 Å². The van der Waals surface area contributed by atoms with Crippen molar-refractivity contribution in [3.8, 4) is 22.5 Å². The first-order valence-corrected chi connectivity index (χ1v) is 9.85. The zero-order valence-corrected chi connectivity index (χ0v) is 17.3. The van der Waals surface area contributed by atoms with Crippen LogP contribution in [0.5, 0.6) is 0 Å². The van der Waals surface area contributed by atoms with Gasteiger partial charge in [-0.15, -0.1) is 0 Å². The standard InChI is InChI=1S/C21H26N8O/c1-13-9-25-19-15(13)8-14(10-26-19)18-16(11-29(28-18)21(2,3)12-30)17-4-6-23-20(27-17)24-7-5-22/h4,6,8-11,30H,5,7,12,22H2,1-3H3,(H,25,26)(H,23,24,27). The predicted octanol–water partition coefficient (Wildman–Crippen LogP) is 2.29. The van der Waals surface area contributed by atoms with E-state index in [9.17, 15) is 5.11 Å². The molecule has 0 saturated heterocycles. The minimum absolute atomic E-state index is 0.0468. The molecule has 9 heteroatoms. The van der Waals surface area contributed by atoms with Crippen LogP contribution >= 0.6 is 0 Å². The summed E-state index contributed by atoms with van der Waals surface area (Å²) < 4.78 is 1.78. The number of fused-ring (bicyclic) bond motifs is 1. The van der Waals surface area contributed by atoms with Gasteiger partial charge in [0, 0.05) is 54.4 Å². The normalized spacial score (nSPS) is 11.9. The molecule has 156 valence electrons. The molecule has 0 spiro atoms. The first-order valence-electron chi connectivity index (χ1n) is 9.85. The Morgan fingerprint density at radius 2 is 2.13 bits per heavy atom. The van der Waals surface area contributed by atoms with E-state index in [1.165, 1.54) is 0 Å². The SMILES string of the molecule is Cc1c[nH]c2ncc(-c3nn(C(C)(C)CO)cc3-c3ccnc(NCCN)n3)cc12. The van der Waals surface area contributed by atoms with Crippen LogP contribution in [-0.2, 0) is 5.54 Å². The van der Waals surface area contributed by atoms with E-state index in [4.69, 9.17) is 10.8 Å². The second-order valence-electron chi connectivity index (χ2n) is 7.88. The third-order valence-corrected chi connectivity index (χ3v) is 5.09. The number of rotatable bonds is 7. The molecule has 0 fully saturated rings. The van der Waals surface area contributed by atoms with E-state index in [1.54, 1.807) is 17.1 Å². The quantitative estimate of drug-likeness (QED) is 0.370. The maximum atomic E-state index is 9.86.